The lowest BCUT2D eigenvalue weighted by molar-refractivity contribution is -0.0395. The first-order valence-corrected chi connectivity index (χ1v) is 9.13. The van der Waals surface area contributed by atoms with E-state index in [4.69, 9.17) is 4.74 Å². The summed E-state index contributed by atoms with van der Waals surface area (Å²) in [6, 6.07) is 7.62. The maximum absolute atomic E-state index is 11.6. The normalized spacial score (nSPS) is 19.9. The van der Waals surface area contributed by atoms with Crippen LogP contribution in [0.4, 0.5) is 5.69 Å². The molecule has 2 aliphatic rings. The molecule has 1 saturated heterocycles. The molecule has 1 aromatic carbocycles. The number of Topliss-reactive ketones (excluding diaryl/α,β-unsaturated/α-hetero) is 1. The highest BCUT2D eigenvalue weighted by Crippen LogP contribution is 2.28. The maximum Gasteiger partial charge on any atom is 0.159 e. The van der Waals surface area contributed by atoms with E-state index in [-0.39, 0.29) is 5.78 Å². The van der Waals surface area contributed by atoms with Gasteiger partial charge in [0.1, 0.15) is 6.07 Å². The molecule has 0 aromatic heterocycles. The number of hydrogen-bond donors (Lipinski definition) is 0. The second kappa shape index (κ2) is 7.81. The minimum Gasteiger partial charge on any atom is -0.375 e. The first-order valence-electron chi connectivity index (χ1n) is 9.13. The van der Waals surface area contributed by atoms with Gasteiger partial charge in [-0.1, -0.05) is 19.3 Å². The van der Waals surface area contributed by atoms with E-state index in [0.29, 0.717) is 23.3 Å². The van der Waals surface area contributed by atoms with Crippen molar-refractivity contribution < 1.29 is 9.53 Å². The lowest BCUT2D eigenvalue weighted by Crippen LogP contribution is -2.39. The molecule has 0 bridgehead atoms. The van der Waals surface area contributed by atoms with Crippen LogP contribution < -0.4 is 4.90 Å². The van der Waals surface area contributed by atoms with Crippen molar-refractivity contribution >= 4 is 11.5 Å². The number of hydrogen-bond acceptors (Lipinski definition) is 4. The molecule has 0 N–H and O–H groups in total. The molecule has 0 spiro atoms. The Morgan fingerprint density at radius 2 is 1.79 bits per heavy atom. The number of piperidine rings is 1. The SMILES string of the molecule is CC(=O)c1ccc(C#N)c(N2CCC(OC3CCCCC3)CC2)c1. The number of nitriles is 1. The van der Waals surface area contributed by atoms with Crippen LogP contribution >= 0.6 is 0 Å². The molecule has 4 heteroatoms. The lowest BCUT2D eigenvalue weighted by atomic mass is 9.97. The molecule has 1 aliphatic heterocycles. The summed E-state index contributed by atoms with van der Waals surface area (Å²) < 4.78 is 6.29. The van der Waals surface area contributed by atoms with E-state index >= 15 is 0 Å². The van der Waals surface area contributed by atoms with Crippen LogP contribution in [0.25, 0.3) is 0 Å². The van der Waals surface area contributed by atoms with E-state index in [1.165, 1.54) is 32.1 Å². The standard InChI is InChI=1S/C20H26N2O2/c1-15(23)16-7-8-17(14-21)20(13-16)22-11-9-19(10-12-22)24-18-5-3-2-4-6-18/h7-8,13,18-19H,2-6,9-12H2,1H3. The van der Waals surface area contributed by atoms with E-state index in [2.05, 4.69) is 11.0 Å². The van der Waals surface area contributed by atoms with Crippen LogP contribution in [-0.4, -0.2) is 31.1 Å². The average Bonchev–Trinajstić information content (AvgIpc) is 2.62. The Morgan fingerprint density at radius 1 is 1.12 bits per heavy atom. The second-order valence-corrected chi connectivity index (χ2v) is 6.98. The van der Waals surface area contributed by atoms with Gasteiger partial charge < -0.3 is 9.64 Å². The molecule has 1 aromatic rings. The van der Waals surface area contributed by atoms with Gasteiger partial charge in [-0.05, 0) is 50.8 Å². The first-order chi connectivity index (χ1) is 11.7. The highest BCUT2D eigenvalue weighted by atomic mass is 16.5. The number of benzene rings is 1. The van der Waals surface area contributed by atoms with Crippen LogP contribution in [0.5, 0.6) is 0 Å². The Bertz CT molecular complexity index is 621. The van der Waals surface area contributed by atoms with Crippen molar-refractivity contribution in [2.24, 2.45) is 0 Å². The van der Waals surface area contributed by atoms with Crippen LogP contribution in [0.15, 0.2) is 18.2 Å². The Labute approximate surface area is 144 Å². The lowest BCUT2D eigenvalue weighted by Gasteiger charge is -2.36. The van der Waals surface area contributed by atoms with Gasteiger partial charge in [0.25, 0.3) is 0 Å². The zero-order valence-electron chi connectivity index (χ0n) is 14.5. The molecule has 3 rings (SSSR count). The van der Waals surface area contributed by atoms with Crippen molar-refractivity contribution in [1.82, 2.24) is 0 Å². The van der Waals surface area contributed by atoms with Crippen LogP contribution in [0.1, 0.15) is 67.8 Å². The average molecular weight is 326 g/mol. The van der Waals surface area contributed by atoms with Crippen molar-refractivity contribution in [2.75, 3.05) is 18.0 Å². The molecule has 24 heavy (non-hydrogen) atoms. The highest BCUT2D eigenvalue weighted by molar-refractivity contribution is 5.95. The molecule has 4 nitrogen and oxygen atoms in total. The third-order valence-corrected chi connectivity index (χ3v) is 5.24. The van der Waals surface area contributed by atoms with Gasteiger partial charge in [0.05, 0.1) is 23.5 Å². The predicted octanol–water partition coefficient (Wildman–Crippen LogP) is 4.08. The van der Waals surface area contributed by atoms with E-state index in [1.54, 1.807) is 19.1 Å². The molecular weight excluding hydrogens is 300 g/mol. The summed E-state index contributed by atoms with van der Waals surface area (Å²) in [5.74, 6) is 0.0382. The first kappa shape index (κ1) is 17.0. The van der Waals surface area contributed by atoms with Gasteiger partial charge in [-0.2, -0.15) is 5.26 Å². The van der Waals surface area contributed by atoms with Crippen molar-refractivity contribution in [3.63, 3.8) is 0 Å². The topological polar surface area (TPSA) is 53.3 Å². The fourth-order valence-corrected chi connectivity index (χ4v) is 3.81. The van der Waals surface area contributed by atoms with Crippen LogP contribution in [-0.2, 0) is 4.74 Å². The summed E-state index contributed by atoms with van der Waals surface area (Å²) in [4.78, 5) is 13.9. The summed E-state index contributed by atoms with van der Waals surface area (Å²) in [7, 11) is 0. The summed E-state index contributed by atoms with van der Waals surface area (Å²) in [5.41, 5.74) is 2.21. The summed E-state index contributed by atoms with van der Waals surface area (Å²) in [6.07, 6.45) is 9.13. The molecule has 0 radical (unpaired) electrons. The molecule has 1 aliphatic carbocycles. The number of ketones is 1. The largest absolute Gasteiger partial charge is 0.375 e. The van der Waals surface area contributed by atoms with Gasteiger partial charge in [0, 0.05) is 18.7 Å². The number of carbonyl (C=O) groups is 1. The van der Waals surface area contributed by atoms with Gasteiger partial charge in [0.15, 0.2) is 5.78 Å². The maximum atomic E-state index is 11.6. The zero-order valence-corrected chi connectivity index (χ0v) is 14.5. The van der Waals surface area contributed by atoms with Crippen LogP contribution in [0, 0.1) is 11.3 Å². The van der Waals surface area contributed by atoms with Gasteiger partial charge >= 0.3 is 0 Å². The molecule has 2 fully saturated rings. The third kappa shape index (κ3) is 3.96. The number of nitrogens with zero attached hydrogens (tertiary/aromatic N) is 2. The van der Waals surface area contributed by atoms with E-state index in [1.807, 2.05) is 6.07 Å². The van der Waals surface area contributed by atoms with Gasteiger partial charge in [-0.15, -0.1) is 0 Å². The number of carbonyl (C=O) groups excluding carboxylic acids is 1. The summed E-state index contributed by atoms with van der Waals surface area (Å²) in [5, 5.41) is 9.36. The monoisotopic (exact) mass is 326 g/mol. The number of anilines is 1. The highest BCUT2D eigenvalue weighted by Gasteiger charge is 2.25. The molecule has 128 valence electrons. The number of ether oxygens (including phenoxy) is 1. The fourth-order valence-electron chi connectivity index (χ4n) is 3.81. The Balaban J connectivity index is 1.62. The van der Waals surface area contributed by atoms with Crippen LogP contribution in [0.2, 0.25) is 0 Å². The third-order valence-electron chi connectivity index (χ3n) is 5.24. The smallest absolute Gasteiger partial charge is 0.159 e. The predicted molar refractivity (Wildman–Crippen MR) is 94.4 cm³/mol. The van der Waals surface area contributed by atoms with Gasteiger partial charge in [0.2, 0.25) is 0 Å². The minimum absolute atomic E-state index is 0.0382. The van der Waals surface area contributed by atoms with Crippen LogP contribution in [0.3, 0.4) is 0 Å². The number of rotatable bonds is 4. The van der Waals surface area contributed by atoms with Crippen molar-refractivity contribution in [1.29, 1.82) is 5.26 Å². The Hall–Kier alpha value is -1.86. The molecule has 1 saturated carbocycles. The van der Waals surface area contributed by atoms with E-state index in [9.17, 15) is 10.1 Å². The van der Waals surface area contributed by atoms with E-state index in [0.717, 1.165) is 31.6 Å². The quantitative estimate of drug-likeness (QED) is 0.782. The van der Waals surface area contributed by atoms with Crippen molar-refractivity contribution in [3.05, 3.63) is 29.3 Å². The Morgan fingerprint density at radius 3 is 2.42 bits per heavy atom. The zero-order chi connectivity index (χ0) is 16.9. The van der Waals surface area contributed by atoms with Crippen molar-refractivity contribution in [3.8, 4) is 6.07 Å². The molecule has 1 heterocycles. The second-order valence-electron chi connectivity index (χ2n) is 6.98. The van der Waals surface area contributed by atoms with Gasteiger partial charge in [-0.3, -0.25) is 4.79 Å². The Kier molecular flexibility index (Phi) is 5.52. The minimum atomic E-state index is 0.0382. The summed E-state index contributed by atoms with van der Waals surface area (Å²) in [6.45, 7) is 3.33. The fraction of sp³-hybridized carbons (Fsp3) is 0.600. The molecule has 0 unspecified atom stereocenters. The summed E-state index contributed by atoms with van der Waals surface area (Å²) >= 11 is 0. The van der Waals surface area contributed by atoms with Crippen molar-refractivity contribution in [2.45, 2.75) is 64.1 Å². The molecule has 0 amide bonds. The van der Waals surface area contributed by atoms with Gasteiger partial charge in [-0.25, -0.2) is 0 Å². The van der Waals surface area contributed by atoms with E-state index < -0.39 is 0 Å². The molecule has 0 atom stereocenters. The molecular formula is C20H26N2O2.